The Hall–Kier alpha value is -1.16. The number of nitrogens with one attached hydrogen (secondary N) is 1. The number of aromatic nitrogens is 2. The van der Waals surface area contributed by atoms with Crippen LogP contribution in [0.5, 0.6) is 0 Å². The lowest BCUT2D eigenvalue weighted by atomic mass is 9.99. The third kappa shape index (κ3) is 0.973. The Bertz CT molecular complexity index is 426. The first-order valence-electron chi connectivity index (χ1n) is 5.06. The van der Waals surface area contributed by atoms with Gasteiger partial charge in [0.25, 0.3) is 5.56 Å². The van der Waals surface area contributed by atoms with E-state index in [0.29, 0.717) is 12.1 Å². The van der Waals surface area contributed by atoms with E-state index in [-0.39, 0.29) is 5.56 Å². The lowest BCUT2D eigenvalue weighted by molar-refractivity contribution is 0.221. The van der Waals surface area contributed by atoms with Gasteiger partial charge in [-0.3, -0.25) is 9.69 Å². The van der Waals surface area contributed by atoms with Crippen LogP contribution in [0, 0.1) is 0 Å². The van der Waals surface area contributed by atoms with E-state index < -0.39 is 0 Å². The Morgan fingerprint density at radius 1 is 1.57 bits per heavy atom. The molecule has 2 atom stereocenters. The minimum absolute atomic E-state index is 0.0810. The van der Waals surface area contributed by atoms with Crippen LogP contribution >= 0.6 is 0 Å². The van der Waals surface area contributed by atoms with Gasteiger partial charge in [-0.05, 0) is 25.5 Å². The molecule has 0 aliphatic carbocycles. The van der Waals surface area contributed by atoms with Crippen LogP contribution in [0.2, 0.25) is 0 Å². The molecule has 1 N–H and O–H groups in total. The van der Waals surface area contributed by atoms with Crippen molar-refractivity contribution in [1.29, 1.82) is 0 Å². The van der Waals surface area contributed by atoms with Crippen molar-refractivity contribution in [2.24, 2.45) is 0 Å². The molecule has 3 rings (SSSR count). The summed E-state index contributed by atoms with van der Waals surface area (Å²) >= 11 is 0. The van der Waals surface area contributed by atoms with E-state index in [4.69, 9.17) is 0 Å². The molecule has 74 valence electrons. The maximum absolute atomic E-state index is 11.2. The van der Waals surface area contributed by atoms with Crippen LogP contribution in [0.4, 0.5) is 0 Å². The first-order chi connectivity index (χ1) is 6.75. The van der Waals surface area contributed by atoms with Crippen molar-refractivity contribution in [3.63, 3.8) is 0 Å². The van der Waals surface area contributed by atoms with E-state index >= 15 is 0 Å². The van der Waals surface area contributed by atoms with Gasteiger partial charge in [-0.15, -0.1) is 0 Å². The van der Waals surface area contributed by atoms with Crippen LogP contribution in [0.1, 0.15) is 30.1 Å². The monoisotopic (exact) mass is 191 g/mol. The van der Waals surface area contributed by atoms with Crippen LogP contribution in [0.15, 0.2) is 10.9 Å². The van der Waals surface area contributed by atoms with Gasteiger partial charge in [-0.1, -0.05) is 0 Å². The van der Waals surface area contributed by atoms with Gasteiger partial charge in [0.2, 0.25) is 0 Å². The molecule has 1 aromatic heterocycles. The zero-order chi connectivity index (χ0) is 9.71. The number of aromatic amines is 1. The third-order valence-electron chi connectivity index (χ3n) is 3.55. The molecule has 14 heavy (non-hydrogen) atoms. The second kappa shape index (κ2) is 2.67. The highest BCUT2D eigenvalue weighted by Gasteiger charge is 2.38. The zero-order valence-corrected chi connectivity index (χ0v) is 8.16. The standard InChI is InChI=1S/C10H13N3O/c1-13-6-2-3-9(13)7-5-10(14)12-11-8(7)4-6/h5-6,9H,2-4H2,1H3,(H,12,14). The summed E-state index contributed by atoms with van der Waals surface area (Å²) in [6, 6.07) is 2.77. The molecule has 4 heteroatoms. The van der Waals surface area contributed by atoms with Gasteiger partial charge in [0.1, 0.15) is 0 Å². The minimum atomic E-state index is -0.0810. The summed E-state index contributed by atoms with van der Waals surface area (Å²) in [6.07, 6.45) is 3.38. The SMILES string of the molecule is CN1C2CCC1c1cc(=O)[nH]nc1C2. The molecule has 0 amide bonds. The van der Waals surface area contributed by atoms with Crippen molar-refractivity contribution < 1.29 is 0 Å². The van der Waals surface area contributed by atoms with Gasteiger partial charge in [0.05, 0.1) is 5.69 Å². The number of hydrogen-bond donors (Lipinski definition) is 1. The van der Waals surface area contributed by atoms with Gasteiger partial charge >= 0.3 is 0 Å². The summed E-state index contributed by atoms with van der Waals surface area (Å²) in [5.41, 5.74) is 2.16. The van der Waals surface area contributed by atoms with E-state index in [1.54, 1.807) is 6.07 Å². The fraction of sp³-hybridized carbons (Fsp3) is 0.600. The molecule has 0 radical (unpaired) electrons. The van der Waals surface area contributed by atoms with E-state index in [1.165, 1.54) is 12.8 Å². The Labute approximate surface area is 81.9 Å². The Balaban J connectivity index is 2.17. The highest BCUT2D eigenvalue weighted by atomic mass is 16.1. The predicted octanol–water partition coefficient (Wildman–Crippen LogP) is 0.461. The fourth-order valence-electron chi connectivity index (χ4n) is 2.75. The molecule has 1 aromatic rings. The van der Waals surface area contributed by atoms with Crippen molar-refractivity contribution in [1.82, 2.24) is 15.1 Å². The highest BCUT2D eigenvalue weighted by Crippen LogP contribution is 2.40. The van der Waals surface area contributed by atoms with Crippen LogP contribution in [0.3, 0.4) is 0 Å². The van der Waals surface area contributed by atoms with Gasteiger partial charge in [0.15, 0.2) is 0 Å². The molecule has 1 fully saturated rings. The molecule has 2 bridgehead atoms. The van der Waals surface area contributed by atoms with Crippen molar-refractivity contribution >= 4 is 0 Å². The van der Waals surface area contributed by atoms with E-state index in [1.807, 2.05) is 0 Å². The number of hydrogen-bond acceptors (Lipinski definition) is 3. The molecular weight excluding hydrogens is 178 g/mol. The molecule has 2 aliphatic rings. The van der Waals surface area contributed by atoms with E-state index in [9.17, 15) is 4.79 Å². The molecule has 4 nitrogen and oxygen atoms in total. The molecular formula is C10H13N3O. The molecule has 2 unspecified atom stereocenters. The number of H-pyrrole nitrogens is 1. The van der Waals surface area contributed by atoms with Gasteiger partial charge < -0.3 is 0 Å². The summed E-state index contributed by atoms with van der Waals surface area (Å²) in [6.45, 7) is 0. The average molecular weight is 191 g/mol. The smallest absolute Gasteiger partial charge is 0.264 e. The fourth-order valence-corrected chi connectivity index (χ4v) is 2.75. The summed E-state index contributed by atoms with van der Waals surface area (Å²) < 4.78 is 0. The molecule has 3 heterocycles. The second-order valence-electron chi connectivity index (χ2n) is 4.25. The van der Waals surface area contributed by atoms with Crippen LogP contribution in [0.25, 0.3) is 0 Å². The largest absolute Gasteiger partial charge is 0.296 e. The maximum Gasteiger partial charge on any atom is 0.264 e. The van der Waals surface area contributed by atoms with E-state index in [2.05, 4.69) is 22.1 Å². The molecule has 0 spiro atoms. The Morgan fingerprint density at radius 3 is 3.29 bits per heavy atom. The molecule has 0 aromatic carbocycles. The topological polar surface area (TPSA) is 49.0 Å². The summed E-state index contributed by atoms with van der Waals surface area (Å²) in [4.78, 5) is 13.6. The number of fused-ring (bicyclic) bond motifs is 4. The summed E-state index contributed by atoms with van der Waals surface area (Å²) in [5.74, 6) is 0. The normalized spacial score (nSPS) is 30.4. The van der Waals surface area contributed by atoms with Gasteiger partial charge in [-0.25, -0.2) is 5.10 Å². The third-order valence-corrected chi connectivity index (χ3v) is 3.55. The van der Waals surface area contributed by atoms with E-state index in [0.717, 1.165) is 17.7 Å². The van der Waals surface area contributed by atoms with Crippen LogP contribution < -0.4 is 5.56 Å². The first kappa shape index (κ1) is 8.17. The summed E-state index contributed by atoms with van der Waals surface area (Å²) in [5, 5.41) is 6.65. The van der Waals surface area contributed by atoms with Crippen molar-refractivity contribution in [3.8, 4) is 0 Å². The van der Waals surface area contributed by atoms with Crippen LogP contribution in [-0.2, 0) is 6.42 Å². The van der Waals surface area contributed by atoms with Crippen LogP contribution in [-0.4, -0.2) is 28.2 Å². The second-order valence-corrected chi connectivity index (χ2v) is 4.25. The first-order valence-corrected chi connectivity index (χ1v) is 5.06. The highest BCUT2D eigenvalue weighted by molar-refractivity contribution is 5.28. The number of nitrogens with zero attached hydrogens (tertiary/aromatic N) is 2. The average Bonchev–Trinajstić information content (AvgIpc) is 2.43. The van der Waals surface area contributed by atoms with Crippen molar-refractivity contribution in [3.05, 3.63) is 27.7 Å². The lowest BCUT2D eigenvalue weighted by Crippen LogP contribution is -2.35. The Kier molecular flexibility index (Phi) is 1.56. The zero-order valence-electron chi connectivity index (χ0n) is 8.16. The summed E-state index contributed by atoms with van der Waals surface area (Å²) in [7, 11) is 2.15. The number of likely N-dealkylation sites (N-methyl/N-ethyl adjacent to an activating group) is 1. The van der Waals surface area contributed by atoms with Crippen molar-refractivity contribution in [2.75, 3.05) is 7.05 Å². The maximum atomic E-state index is 11.2. The minimum Gasteiger partial charge on any atom is -0.296 e. The number of rotatable bonds is 0. The van der Waals surface area contributed by atoms with Crippen molar-refractivity contribution in [2.45, 2.75) is 31.3 Å². The lowest BCUT2D eigenvalue weighted by Gasteiger charge is -2.31. The Morgan fingerprint density at radius 2 is 2.43 bits per heavy atom. The molecule has 0 saturated carbocycles. The molecule has 2 aliphatic heterocycles. The van der Waals surface area contributed by atoms with Gasteiger partial charge in [-0.2, -0.15) is 5.10 Å². The quantitative estimate of drug-likeness (QED) is 0.648. The van der Waals surface area contributed by atoms with Gasteiger partial charge in [0, 0.05) is 24.6 Å². The predicted molar refractivity (Wildman–Crippen MR) is 52.1 cm³/mol. The molecule has 1 saturated heterocycles.